The molecule has 0 aromatic carbocycles. The van der Waals surface area contributed by atoms with Crippen molar-refractivity contribution in [3.05, 3.63) is 109 Å². The number of rotatable bonds is 57. The molecule has 3 rings (SSSR count). The third-order valence-electron chi connectivity index (χ3n) is 18.1. The van der Waals surface area contributed by atoms with Gasteiger partial charge >= 0.3 is 0 Å². The van der Waals surface area contributed by atoms with Gasteiger partial charge in [0.05, 0.1) is 38.6 Å². The van der Waals surface area contributed by atoms with Gasteiger partial charge in [0.1, 0.15) is 73.2 Å². The van der Waals surface area contributed by atoms with Crippen LogP contribution in [0.3, 0.4) is 0 Å². The molecule has 17 atom stereocenters. The second-order valence-corrected chi connectivity index (χ2v) is 26.4. The third-order valence-corrected chi connectivity index (χ3v) is 18.1. The van der Waals surface area contributed by atoms with Crippen molar-refractivity contribution in [3.63, 3.8) is 0 Å². The summed E-state index contributed by atoms with van der Waals surface area (Å²) < 4.78 is 34.4. The molecule has 12 N–H and O–H groups in total. The summed E-state index contributed by atoms with van der Waals surface area (Å²) in [6.07, 6.45) is 52.0. The second kappa shape index (κ2) is 58.0. The van der Waals surface area contributed by atoms with Crippen LogP contribution in [0.15, 0.2) is 109 Å². The maximum Gasteiger partial charge on any atom is 0.220 e. The first-order chi connectivity index (χ1) is 47.3. The van der Waals surface area contributed by atoms with Crippen LogP contribution < -0.4 is 5.32 Å². The van der Waals surface area contributed by atoms with Crippen LogP contribution in [-0.4, -0.2) is 193 Å². The molecule has 0 aromatic rings. The van der Waals surface area contributed by atoms with Crippen molar-refractivity contribution in [2.75, 3.05) is 26.4 Å². The Morgan fingerprint density at radius 1 is 0.381 bits per heavy atom. The number of carbonyl (C=O) groups is 1. The second-order valence-electron chi connectivity index (χ2n) is 26.4. The number of allylic oxidation sites excluding steroid dienone is 17. The number of ether oxygens (including phenoxy) is 6. The molecule has 3 heterocycles. The summed E-state index contributed by atoms with van der Waals surface area (Å²) >= 11 is 0. The van der Waals surface area contributed by atoms with E-state index in [-0.39, 0.29) is 18.9 Å². The molecular formula is C78H133NO18. The Labute approximate surface area is 583 Å². The standard InChI is InChI=1S/C78H133NO18/c1-3-5-7-9-11-13-15-17-19-21-23-25-27-28-29-30-31-32-34-36-38-40-42-44-46-48-50-52-54-56-66(84)79-61(62(83)55-53-51-49-47-45-43-41-39-37-35-33-26-24-22-20-18-16-14-12-10-8-6-4-2)60-92-76-72(90)69(87)74(64(58-81)94-76)97-78-73(91)70(88)75(65(59-82)95-78)96-77-71(89)68(86)67(85)63(57-80)93-77/h5,7,11,13,17,19,23,25,28-29,31-32,36,38,45,47,53,55,61-65,67-78,80-83,85-91H,3-4,6,8-10,12,14-16,18,20-22,24,26-27,30,33-35,37,39-44,46,48-52,54,56-60H2,1-2H3,(H,79,84)/b7-5-,13-11-,19-17-,25-23-,29-28-,32-31-,38-36-,47-45+,55-53+. The van der Waals surface area contributed by atoms with Gasteiger partial charge in [0.15, 0.2) is 18.9 Å². The number of aliphatic hydroxyl groups is 11. The smallest absolute Gasteiger partial charge is 0.220 e. The molecule has 0 aromatic heterocycles. The van der Waals surface area contributed by atoms with E-state index in [0.29, 0.717) is 12.8 Å². The zero-order valence-corrected chi connectivity index (χ0v) is 59.3. The average molecular weight is 1370 g/mol. The van der Waals surface area contributed by atoms with Gasteiger partial charge in [-0.25, -0.2) is 0 Å². The molecule has 0 bridgehead atoms. The van der Waals surface area contributed by atoms with Crippen LogP contribution in [-0.2, 0) is 33.2 Å². The number of unbranched alkanes of at least 4 members (excludes halogenated alkanes) is 25. The van der Waals surface area contributed by atoms with E-state index in [2.05, 4.69) is 116 Å². The van der Waals surface area contributed by atoms with Crippen LogP contribution in [0.1, 0.15) is 245 Å². The Balaban J connectivity index is 1.43. The summed E-state index contributed by atoms with van der Waals surface area (Å²) in [6, 6.07) is -1.01. The summed E-state index contributed by atoms with van der Waals surface area (Å²) in [6.45, 7) is 1.60. The summed E-state index contributed by atoms with van der Waals surface area (Å²) in [5, 5.41) is 121. The number of hydrogen-bond donors (Lipinski definition) is 12. The fraction of sp³-hybridized carbons (Fsp3) is 0.756. The van der Waals surface area contributed by atoms with Crippen molar-refractivity contribution < 1.29 is 89.4 Å². The Morgan fingerprint density at radius 3 is 1.15 bits per heavy atom. The van der Waals surface area contributed by atoms with Gasteiger partial charge in [-0.3, -0.25) is 4.79 Å². The highest BCUT2D eigenvalue weighted by Gasteiger charge is 2.53. The molecule has 97 heavy (non-hydrogen) atoms. The van der Waals surface area contributed by atoms with Crippen LogP contribution in [0, 0.1) is 0 Å². The maximum absolute atomic E-state index is 13.4. The van der Waals surface area contributed by atoms with E-state index in [1.165, 1.54) is 103 Å². The van der Waals surface area contributed by atoms with E-state index in [1.807, 2.05) is 6.08 Å². The van der Waals surface area contributed by atoms with E-state index in [4.69, 9.17) is 28.4 Å². The van der Waals surface area contributed by atoms with Crippen molar-refractivity contribution >= 4 is 5.91 Å². The quantitative estimate of drug-likeness (QED) is 0.0199. The highest BCUT2D eigenvalue weighted by Crippen LogP contribution is 2.33. The fourth-order valence-corrected chi connectivity index (χ4v) is 12.0. The normalized spacial score (nSPS) is 27.5. The summed E-state index contributed by atoms with van der Waals surface area (Å²) in [7, 11) is 0. The van der Waals surface area contributed by atoms with E-state index in [1.54, 1.807) is 6.08 Å². The number of nitrogens with one attached hydrogen (secondary N) is 1. The van der Waals surface area contributed by atoms with Crippen LogP contribution in [0.25, 0.3) is 0 Å². The number of hydrogen-bond acceptors (Lipinski definition) is 18. The van der Waals surface area contributed by atoms with Crippen LogP contribution in [0.5, 0.6) is 0 Å². The van der Waals surface area contributed by atoms with Crippen LogP contribution >= 0.6 is 0 Å². The topological polar surface area (TPSA) is 307 Å². The fourth-order valence-electron chi connectivity index (χ4n) is 12.0. The highest BCUT2D eigenvalue weighted by atomic mass is 16.8. The first-order valence-electron chi connectivity index (χ1n) is 37.6. The molecule has 0 aliphatic carbocycles. The minimum Gasteiger partial charge on any atom is -0.394 e. The molecule has 3 fully saturated rings. The van der Waals surface area contributed by atoms with Crippen LogP contribution in [0.4, 0.5) is 0 Å². The number of aliphatic hydroxyl groups excluding tert-OH is 11. The summed E-state index contributed by atoms with van der Waals surface area (Å²) in [5.41, 5.74) is 0. The highest BCUT2D eigenvalue weighted by molar-refractivity contribution is 5.76. The number of carbonyl (C=O) groups excluding carboxylic acids is 1. The van der Waals surface area contributed by atoms with Crippen molar-refractivity contribution in [2.45, 2.75) is 349 Å². The molecule has 19 heteroatoms. The van der Waals surface area contributed by atoms with Gasteiger partial charge in [-0.15, -0.1) is 0 Å². The molecule has 0 spiro atoms. The lowest BCUT2D eigenvalue weighted by Crippen LogP contribution is -2.66. The molecule has 0 radical (unpaired) electrons. The predicted octanol–water partition coefficient (Wildman–Crippen LogP) is 11.4. The Morgan fingerprint density at radius 2 is 0.722 bits per heavy atom. The summed E-state index contributed by atoms with van der Waals surface area (Å²) in [4.78, 5) is 13.4. The van der Waals surface area contributed by atoms with Gasteiger partial charge in [0, 0.05) is 6.42 Å². The molecule has 3 aliphatic heterocycles. The Hall–Kier alpha value is -3.55. The molecule has 1 amide bonds. The van der Waals surface area contributed by atoms with E-state index >= 15 is 0 Å². The molecular weight excluding hydrogens is 1240 g/mol. The maximum atomic E-state index is 13.4. The lowest BCUT2D eigenvalue weighted by molar-refractivity contribution is -0.379. The van der Waals surface area contributed by atoms with Crippen molar-refractivity contribution in [2.24, 2.45) is 0 Å². The summed E-state index contributed by atoms with van der Waals surface area (Å²) in [5.74, 6) is -0.300. The number of amides is 1. The molecule has 3 saturated heterocycles. The largest absolute Gasteiger partial charge is 0.394 e. The van der Waals surface area contributed by atoms with Gasteiger partial charge < -0.3 is 89.9 Å². The Bertz CT molecular complexity index is 2180. The van der Waals surface area contributed by atoms with Crippen molar-refractivity contribution in [1.82, 2.24) is 5.32 Å². The molecule has 558 valence electrons. The first-order valence-corrected chi connectivity index (χ1v) is 37.6. The molecule has 0 saturated carbocycles. The van der Waals surface area contributed by atoms with E-state index in [9.17, 15) is 61.0 Å². The van der Waals surface area contributed by atoms with Crippen molar-refractivity contribution in [3.8, 4) is 0 Å². The molecule has 3 aliphatic rings. The average Bonchev–Trinajstić information content (AvgIpc) is 0.789. The zero-order valence-electron chi connectivity index (χ0n) is 59.3. The van der Waals surface area contributed by atoms with Gasteiger partial charge in [-0.2, -0.15) is 0 Å². The lowest BCUT2D eigenvalue weighted by Gasteiger charge is -2.48. The minimum atomic E-state index is -1.99. The predicted molar refractivity (Wildman–Crippen MR) is 383 cm³/mol. The zero-order chi connectivity index (χ0) is 70.4. The molecule has 19 nitrogen and oxygen atoms in total. The van der Waals surface area contributed by atoms with Gasteiger partial charge in [-0.05, 0) is 89.9 Å². The van der Waals surface area contributed by atoms with Gasteiger partial charge in [0.25, 0.3) is 0 Å². The molecule has 17 unspecified atom stereocenters. The SMILES string of the molecule is CC/C=C\C/C=C\C/C=C\C/C=C\C/C=C\C/C=C\C/C=C\CCCCCCCCCC(=O)NC(COC1OC(CO)C(OC2OC(CO)C(OC3OC(CO)C(O)C(O)C3O)C(O)C2O)C(O)C1O)C(O)/C=C/CC/C=C/CCCCCCCCCCCCCCCCCCC. The van der Waals surface area contributed by atoms with E-state index in [0.717, 1.165) is 109 Å². The third kappa shape index (κ3) is 38.9. The van der Waals surface area contributed by atoms with Gasteiger partial charge in [0.2, 0.25) is 5.91 Å². The Kier molecular flexibility index (Phi) is 52.4. The van der Waals surface area contributed by atoms with Crippen molar-refractivity contribution in [1.29, 1.82) is 0 Å². The van der Waals surface area contributed by atoms with Gasteiger partial charge in [-0.1, -0.05) is 258 Å². The monoisotopic (exact) mass is 1370 g/mol. The van der Waals surface area contributed by atoms with Crippen LogP contribution in [0.2, 0.25) is 0 Å². The van der Waals surface area contributed by atoms with E-state index < -0.39 is 124 Å². The minimum absolute atomic E-state index is 0.215. The first kappa shape index (κ1) is 87.7. The lowest BCUT2D eigenvalue weighted by atomic mass is 9.96.